The third kappa shape index (κ3) is 38.3. The first-order valence-corrected chi connectivity index (χ1v) is 35.4. The predicted octanol–water partition coefficient (Wildman–Crippen LogP) is 22.0. The van der Waals surface area contributed by atoms with Crippen molar-refractivity contribution in [3.8, 4) is 0 Å². The van der Waals surface area contributed by atoms with Crippen molar-refractivity contribution in [1.82, 2.24) is 24.9 Å². The molecule has 3 heterocycles. The number of likely N-dealkylation sites (tertiary alicyclic amines) is 3. The van der Waals surface area contributed by atoms with E-state index < -0.39 is 0 Å². The molecule has 5 saturated carbocycles. The van der Waals surface area contributed by atoms with Crippen LogP contribution in [0.25, 0.3) is 0 Å². The van der Waals surface area contributed by atoms with Gasteiger partial charge in [0.1, 0.15) is 0 Å². The van der Waals surface area contributed by atoms with Crippen LogP contribution in [0.1, 0.15) is 340 Å². The Hall–Kier alpha value is 2.01. The summed E-state index contributed by atoms with van der Waals surface area (Å²) >= 11 is 0. The maximum absolute atomic E-state index is 4.14. The Balaban J connectivity index is -0.000000281. The minimum atomic E-state index is 0. The van der Waals surface area contributed by atoms with Gasteiger partial charge in [-0.15, -0.1) is 19.1 Å². The van der Waals surface area contributed by atoms with Gasteiger partial charge in [0, 0.05) is 112 Å². The van der Waals surface area contributed by atoms with Crippen LogP contribution in [-0.2, 0) is 65.4 Å². The quantitative estimate of drug-likeness (QED) is 0.223. The van der Waals surface area contributed by atoms with E-state index in [0.717, 1.165) is 54.9 Å². The van der Waals surface area contributed by atoms with Crippen LogP contribution in [0.3, 0.4) is 0 Å². The van der Waals surface area contributed by atoms with E-state index in [1.54, 1.807) is 0 Å². The molecule has 9 atom stereocenters. The fourth-order valence-corrected chi connectivity index (χ4v) is 13.7. The molecule has 0 spiro atoms. The summed E-state index contributed by atoms with van der Waals surface area (Å²) in [6.45, 7) is 72.4. The Morgan fingerprint density at radius 1 is 0.444 bits per heavy atom. The summed E-state index contributed by atoms with van der Waals surface area (Å²) in [7, 11) is 0. The van der Waals surface area contributed by atoms with Gasteiger partial charge in [-0.25, -0.2) is 0 Å². The summed E-state index contributed by atoms with van der Waals surface area (Å²) in [4.78, 5) is 10.8. The van der Waals surface area contributed by atoms with Crippen molar-refractivity contribution < 1.29 is 65.4 Å². The molecule has 0 aromatic carbocycles. The second kappa shape index (κ2) is 52.7. The average Bonchev–Trinajstić information content (AvgIpc) is 3.96. The van der Waals surface area contributed by atoms with Crippen LogP contribution in [0.2, 0.25) is 0 Å². The molecule has 3 saturated heterocycles. The van der Waals surface area contributed by atoms with E-state index in [-0.39, 0.29) is 71.0 Å². The Bertz CT molecular complexity index is 1260. The molecule has 0 bridgehead atoms. The van der Waals surface area contributed by atoms with Crippen LogP contribution >= 0.6 is 0 Å². The van der Waals surface area contributed by atoms with Gasteiger partial charge in [-0.05, 0) is 197 Å². The number of nitrogens with one attached hydrogen (secondary N) is 1. The molecule has 5 aliphatic carbocycles. The van der Waals surface area contributed by atoms with Gasteiger partial charge in [-0.2, -0.15) is 12.3 Å². The van der Waals surface area contributed by atoms with Crippen molar-refractivity contribution in [3.63, 3.8) is 0 Å². The second-order valence-corrected chi connectivity index (χ2v) is 28.2. The maximum atomic E-state index is 4.14. The van der Waals surface area contributed by atoms with E-state index >= 15 is 0 Å². The van der Waals surface area contributed by atoms with E-state index in [9.17, 15) is 0 Å². The monoisotopic (exact) mass is 1290 g/mol. The zero-order valence-corrected chi connectivity index (χ0v) is 66.5. The van der Waals surface area contributed by atoms with E-state index in [4.69, 9.17) is 0 Å². The molecule has 0 aromatic heterocycles. The molecule has 3 aliphatic heterocycles. The van der Waals surface area contributed by atoms with Crippen molar-refractivity contribution in [2.45, 2.75) is 392 Å². The van der Waals surface area contributed by atoms with Crippen molar-refractivity contribution in [2.24, 2.45) is 29.6 Å². The van der Waals surface area contributed by atoms with Crippen LogP contribution < -0.4 is 5.32 Å². The summed E-state index contributed by atoms with van der Waals surface area (Å²) in [5, 5.41) is 3.36. The van der Waals surface area contributed by atoms with Gasteiger partial charge in [-0.1, -0.05) is 180 Å². The maximum Gasteiger partial charge on any atom is 0.0141 e. The first-order valence-electron chi connectivity index (χ1n) is 35.4. The Morgan fingerprint density at radius 3 is 1.11 bits per heavy atom. The molecule has 81 heavy (non-hydrogen) atoms. The molecule has 7 heteroatoms. The van der Waals surface area contributed by atoms with Gasteiger partial charge in [0.2, 0.25) is 0 Å². The summed E-state index contributed by atoms with van der Waals surface area (Å²) in [6, 6.07) is 4.08. The number of rotatable bonds is 4. The minimum absolute atomic E-state index is 0. The van der Waals surface area contributed by atoms with Gasteiger partial charge in [0.05, 0.1) is 0 Å². The minimum Gasteiger partial charge on any atom is -0.373 e. The molecule has 9 unspecified atom stereocenters. The number of fused-ring (bicyclic) bond motifs is 3. The Kier molecular flexibility index (Phi) is 59.7. The Morgan fingerprint density at radius 2 is 0.778 bits per heavy atom. The predicted molar refractivity (Wildman–Crippen MR) is 364 cm³/mol. The molecular weight excluding hydrogens is 1140 g/mol. The smallest absolute Gasteiger partial charge is 0.0141 e. The van der Waals surface area contributed by atoms with Gasteiger partial charge >= 0.3 is 0 Å². The summed E-state index contributed by atoms with van der Waals surface area (Å²) in [5.41, 5.74) is 1.42. The zero-order chi connectivity index (χ0) is 61.4. The van der Waals surface area contributed by atoms with Crippen molar-refractivity contribution >= 4 is 0 Å². The standard InChI is InChI=1S/2C14H27N.C12H23N.C11H21N.C9H17N.C4H10.5C2H6.2Y/c2*1-14(2,3)15-11-7-6-9-12-8-4-5-10-13(12)15;1-12(2,3)13-9-10-7-5-4-6-8-11(10)13;1-6-12(11(3,4)5)10-8-7-9(10)2;1-2-10-9-7-5-3-4-6-8-9;1-4(2)3;5*1-2;;/h2*12-13H,4-11H2,1-3H3;10-11H,4-9H2,1-3H3;9-10H,1-2,6-8H2,3-5H3;7,9-10H,1-6,8H2;4H,1-3H3;5*1-2H3;;/q;;;2*-2;;;;;;;;. The van der Waals surface area contributed by atoms with Crippen molar-refractivity contribution in [3.05, 3.63) is 27.2 Å². The first-order chi connectivity index (χ1) is 37.4. The SMILES string of the molecule is CC.CC.CC.CC.CC.CC(C)(C)N1CC2CCCCCC21.CC(C)(C)N1CCCCC2CCCCC21.CC(C)(C)N1CCCCC2CCCCC21.CC(C)C.[CH2-]CN(C1CCC1[CH2-])C(C)(C)C.[CH2-]CNC1[CH-]CCCCC1.[Y].[Y]. The van der Waals surface area contributed by atoms with Crippen LogP contribution in [0.4, 0.5) is 0 Å². The topological polar surface area (TPSA) is 25.0 Å². The van der Waals surface area contributed by atoms with Gasteiger partial charge in [0.25, 0.3) is 0 Å². The molecule has 0 amide bonds. The van der Waals surface area contributed by atoms with E-state index in [0.29, 0.717) is 34.6 Å². The molecule has 8 aliphatic rings. The van der Waals surface area contributed by atoms with Gasteiger partial charge < -0.3 is 37.4 Å². The third-order valence-electron chi connectivity index (χ3n) is 17.5. The molecule has 0 aromatic rings. The normalized spacial score (nSPS) is 27.4. The molecular formula is C74H155N5Y2-4. The largest absolute Gasteiger partial charge is 0.373 e. The van der Waals surface area contributed by atoms with Crippen molar-refractivity contribution in [1.29, 1.82) is 0 Å². The van der Waals surface area contributed by atoms with Gasteiger partial charge in [-0.3, -0.25) is 14.7 Å². The molecule has 5 nitrogen and oxygen atoms in total. The van der Waals surface area contributed by atoms with E-state index in [2.05, 4.69) is 156 Å². The van der Waals surface area contributed by atoms with E-state index in [1.807, 2.05) is 69.2 Å². The van der Waals surface area contributed by atoms with Crippen molar-refractivity contribution in [2.75, 3.05) is 32.7 Å². The molecule has 2 radical (unpaired) electrons. The summed E-state index contributed by atoms with van der Waals surface area (Å²) in [6.07, 6.45) is 39.7. The fourth-order valence-electron chi connectivity index (χ4n) is 13.7. The number of hydrogen-bond donors (Lipinski definition) is 1. The fraction of sp³-hybridized carbons (Fsp3) is 0.946. The molecule has 1 N–H and O–H groups in total. The van der Waals surface area contributed by atoms with Gasteiger partial charge in [0.15, 0.2) is 0 Å². The summed E-state index contributed by atoms with van der Waals surface area (Å²) < 4.78 is 0. The molecule has 8 fully saturated rings. The number of nitrogens with zero attached hydrogens (tertiary/aromatic N) is 4. The first kappa shape index (κ1) is 91.7. The van der Waals surface area contributed by atoms with Crippen LogP contribution in [0, 0.1) is 56.8 Å². The Labute approximate surface area is 567 Å². The van der Waals surface area contributed by atoms with Crippen LogP contribution in [0.15, 0.2) is 0 Å². The molecule has 486 valence electrons. The molecule has 8 rings (SSSR count). The summed E-state index contributed by atoms with van der Waals surface area (Å²) in [5.74, 6) is 4.54. The number of hydrogen-bond acceptors (Lipinski definition) is 5. The second-order valence-electron chi connectivity index (χ2n) is 28.2. The zero-order valence-electron chi connectivity index (χ0n) is 60.8. The van der Waals surface area contributed by atoms with Crippen LogP contribution in [0.5, 0.6) is 0 Å². The van der Waals surface area contributed by atoms with Crippen LogP contribution in [-0.4, -0.2) is 105 Å². The van der Waals surface area contributed by atoms with E-state index in [1.165, 1.54) is 187 Å². The average molecular weight is 1290 g/mol. The third-order valence-corrected chi connectivity index (χ3v) is 17.5.